The quantitative estimate of drug-likeness (QED) is 0.532. The third-order valence-corrected chi connectivity index (χ3v) is 7.41. The largest absolute Gasteiger partial charge is 0.477 e. The monoisotopic (exact) mass is 497 g/mol. The van der Waals surface area contributed by atoms with Gasteiger partial charge in [-0.05, 0) is 44.7 Å². The smallest absolute Gasteiger partial charge is 0.341 e. The minimum atomic E-state index is -1.30. The van der Waals surface area contributed by atoms with Crippen molar-refractivity contribution in [3.05, 3.63) is 45.2 Å². The third kappa shape index (κ3) is 4.53. The van der Waals surface area contributed by atoms with E-state index in [9.17, 15) is 19.5 Å². The van der Waals surface area contributed by atoms with Crippen molar-refractivity contribution >= 4 is 40.1 Å². The number of aromatic carboxylic acids is 1. The van der Waals surface area contributed by atoms with E-state index in [2.05, 4.69) is 17.2 Å². The van der Waals surface area contributed by atoms with Crippen molar-refractivity contribution in [2.75, 3.05) is 24.5 Å². The molecule has 10 nitrogen and oxygen atoms in total. The average Bonchev–Trinajstić information content (AvgIpc) is 3.31. The van der Waals surface area contributed by atoms with Gasteiger partial charge < -0.3 is 20.1 Å². The number of fused-ring (bicyclic) bond motifs is 1. The molecule has 5 heterocycles. The van der Waals surface area contributed by atoms with E-state index in [1.807, 2.05) is 4.90 Å². The molecule has 0 radical (unpaired) electrons. The van der Waals surface area contributed by atoms with Crippen LogP contribution >= 0.6 is 11.3 Å². The van der Waals surface area contributed by atoms with Crippen LogP contribution in [-0.2, 0) is 9.53 Å². The molecule has 0 saturated carbocycles. The average molecular weight is 498 g/mol. The molecule has 1 amide bonds. The fourth-order valence-electron chi connectivity index (χ4n) is 4.71. The van der Waals surface area contributed by atoms with E-state index in [0.717, 1.165) is 19.3 Å². The minimum absolute atomic E-state index is 0.00591. The van der Waals surface area contributed by atoms with E-state index in [4.69, 9.17) is 9.72 Å². The number of hydrogen-bond donors (Lipinski definition) is 2. The number of hydrogen-bond acceptors (Lipinski definition) is 8. The Balaban J connectivity index is 1.36. The Kier molecular flexibility index (Phi) is 6.28. The second-order valence-corrected chi connectivity index (χ2v) is 10.1. The van der Waals surface area contributed by atoms with Gasteiger partial charge in [0.1, 0.15) is 11.4 Å². The van der Waals surface area contributed by atoms with E-state index in [1.54, 1.807) is 29.1 Å². The van der Waals surface area contributed by atoms with Gasteiger partial charge in [-0.25, -0.2) is 14.8 Å². The fraction of sp³-hybridized carbons (Fsp3) is 0.458. The number of ether oxygens (including phenoxy) is 1. The highest BCUT2D eigenvalue weighted by molar-refractivity contribution is 7.12. The number of pyridine rings is 2. The second kappa shape index (κ2) is 9.38. The molecule has 0 spiro atoms. The molecule has 5 rings (SSSR count). The van der Waals surface area contributed by atoms with Crippen LogP contribution in [0.3, 0.4) is 0 Å². The van der Waals surface area contributed by atoms with Crippen molar-refractivity contribution in [1.29, 1.82) is 0 Å². The Bertz CT molecular complexity index is 1330. The number of carbonyl (C=O) groups excluding carboxylic acids is 1. The first-order valence-corrected chi connectivity index (χ1v) is 12.6. The maximum Gasteiger partial charge on any atom is 0.341 e. The Hall–Kier alpha value is -3.31. The number of aryl methyl sites for hydroxylation is 1. The van der Waals surface area contributed by atoms with E-state index in [0.29, 0.717) is 41.8 Å². The number of amides is 1. The number of rotatable bonds is 6. The van der Waals surface area contributed by atoms with Gasteiger partial charge in [0.2, 0.25) is 11.3 Å². The zero-order valence-electron chi connectivity index (χ0n) is 19.6. The summed E-state index contributed by atoms with van der Waals surface area (Å²) in [6, 6.07) is 1.77. The van der Waals surface area contributed by atoms with Crippen molar-refractivity contribution < 1.29 is 19.4 Å². The lowest BCUT2D eigenvalue weighted by Gasteiger charge is -2.39. The minimum Gasteiger partial charge on any atom is -0.477 e. The van der Waals surface area contributed by atoms with Gasteiger partial charge in [0, 0.05) is 37.4 Å². The molecule has 0 bridgehead atoms. The first-order chi connectivity index (χ1) is 16.8. The van der Waals surface area contributed by atoms with Gasteiger partial charge in [0.25, 0.3) is 0 Å². The summed E-state index contributed by atoms with van der Waals surface area (Å²) in [6.45, 7) is 5.38. The molecule has 184 valence electrons. The Labute approximate surface area is 205 Å². The van der Waals surface area contributed by atoms with Crippen LogP contribution in [0, 0.1) is 12.8 Å². The molecule has 3 aromatic rings. The Morgan fingerprint density at radius 2 is 2.11 bits per heavy atom. The van der Waals surface area contributed by atoms with Gasteiger partial charge in [-0.1, -0.05) is 0 Å². The summed E-state index contributed by atoms with van der Waals surface area (Å²) in [7, 11) is 0. The summed E-state index contributed by atoms with van der Waals surface area (Å²) >= 11 is 1.32. The first kappa shape index (κ1) is 23.4. The van der Waals surface area contributed by atoms with Crippen LogP contribution in [-0.4, -0.2) is 63.4 Å². The summed E-state index contributed by atoms with van der Waals surface area (Å²) in [5.41, 5.74) is 0.0700. The maximum absolute atomic E-state index is 12.9. The van der Waals surface area contributed by atoms with E-state index in [1.165, 1.54) is 17.5 Å². The molecule has 2 aliphatic heterocycles. The number of carbonyl (C=O) groups is 2. The lowest BCUT2D eigenvalue weighted by molar-refractivity contribution is -0.127. The Morgan fingerprint density at radius 1 is 1.31 bits per heavy atom. The van der Waals surface area contributed by atoms with Gasteiger partial charge in [-0.2, -0.15) is 0 Å². The van der Waals surface area contributed by atoms with E-state index < -0.39 is 11.4 Å². The van der Waals surface area contributed by atoms with Gasteiger partial charge in [0.15, 0.2) is 10.8 Å². The van der Waals surface area contributed by atoms with E-state index >= 15 is 0 Å². The summed E-state index contributed by atoms with van der Waals surface area (Å²) in [5.74, 6) is -0.803. The molecule has 2 atom stereocenters. The summed E-state index contributed by atoms with van der Waals surface area (Å²) in [5, 5.41) is 15.1. The molecule has 2 aliphatic rings. The predicted octanol–water partition coefficient (Wildman–Crippen LogP) is 2.36. The number of aromatic nitrogens is 3. The first-order valence-electron chi connectivity index (χ1n) is 11.7. The lowest BCUT2D eigenvalue weighted by Crippen LogP contribution is -2.55. The van der Waals surface area contributed by atoms with Crippen LogP contribution < -0.4 is 15.6 Å². The molecule has 2 fully saturated rings. The molecular formula is C24H27N5O5S. The Morgan fingerprint density at radius 3 is 2.80 bits per heavy atom. The number of anilines is 1. The SMILES string of the molecule is Cc1cc(N2CC(C(=O)NCC3CCCC(C)O3)C2)nc2c1c(=O)c(C(=O)O)cn2-c1nccs1. The van der Waals surface area contributed by atoms with Crippen LogP contribution in [0.1, 0.15) is 42.1 Å². The van der Waals surface area contributed by atoms with Gasteiger partial charge in [-0.3, -0.25) is 14.2 Å². The van der Waals surface area contributed by atoms with Crippen molar-refractivity contribution in [2.24, 2.45) is 5.92 Å². The van der Waals surface area contributed by atoms with Crippen LogP contribution in [0.15, 0.2) is 28.6 Å². The van der Waals surface area contributed by atoms with Crippen molar-refractivity contribution in [3.63, 3.8) is 0 Å². The molecule has 2 unspecified atom stereocenters. The van der Waals surface area contributed by atoms with Crippen LogP contribution in [0.4, 0.5) is 5.82 Å². The van der Waals surface area contributed by atoms with Crippen LogP contribution in [0.2, 0.25) is 0 Å². The number of nitrogens with zero attached hydrogens (tertiary/aromatic N) is 4. The normalized spacial score (nSPS) is 20.6. The molecular weight excluding hydrogens is 470 g/mol. The highest BCUT2D eigenvalue weighted by Crippen LogP contribution is 2.28. The highest BCUT2D eigenvalue weighted by Gasteiger charge is 2.34. The van der Waals surface area contributed by atoms with Gasteiger partial charge >= 0.3 is 5.97 Å². The highest BCUT2D eigenvalue weighted by atomic mass is 32.1. The summed E-state index contributed by atoms with van der Waals surface area (Å²) in [6.07, 6.45) is 6.34. The zero-order valence-corrected chi connectivity index (χ0v) is 20.4. The number of nitrogens with one attached hydrogen (secondary N) is 1. The van der Waals surface area contributed by atoms with Gasteiger partial charge in [0.05, 0.1) is 23.5 Å². The number of carboxylic acids is 1. The van der Waals surface area contributed by atoms with Gasteiger partial charge in [-0.15, -0.1) is 11.3 Å². The van der Waals surface area contributed by atoms with Crippen molar-refractivity contribution in [3.8, 4) is 5.13 Å². The zero-order chi connectivity index (χ0) is 24.7. The van der Waals surface area contributed by atoms with Crippen LogP contribution in [0.25, 0.3) is 16.2 Å². The van der Waals surface area contributed by atoms with Crippen molar-refractivity contribution in [1.82, 2.24) is 19.9 Å². The van der Waals surface area contributed by atoms with E-state index in [-0.39, 0.29) is 35.0 Å². The molecule has 11 heteroatoms. The molecule has 35 heavy (non-hydrogen) atoms. The maximum atomic E-state index is 12.9. The summed E-state index contributed by atoms with van der Waals surface area (Å²) in [4.78, 5) is 48.2. The number of carboxylic acid groups (broad SMARTS) is 1. The molecule has 3 aromatic heterocycles. The third-order valence-electron chi connectivity index (χ3n) is 6.64. The molecule has 2 N–H and O–H groups in total. The second-order valence-electron chi connectivity index (χ2n) is 9.20. The topological polar surface area (TPSA) is 127 Å². The van der Waals surface area contributed by atoms with Crippen LogP contribution in [0.5, 0.6) is 0 Å². The molecule has 2 saturated heterocycles. The van der Waals surface area contributed by atoms with Crippen molar-refractivity contribution in [2.45, 2.75) is 45.3 Å². The fourth-order valence-corrected chi connectivity index (χ4v) is 5.33. The number of thiazole rings is 1. The predicted molar refractivity (Wildman–Crippen MR) is 132 cm³/mol. The lowest BCUT2D eigenvalue weighted by atomic mass is 9.98. The molecule has 0 aromatic carbocycles. The molecule has 0 aliphatic carbocycles. The summed E-state index contributed by atoms with van der Waals surface area (Å²) < 4.78 is 7.44. The standard InChI is InChI=1S/C24H27N5O5S/c1-13-8-18(28-10-15(11-28)22(31)26-9-16-5-3-4-14(2)34-16)27-21-19(13)20(30)17(23(32)33)12-29(21)24-25-6-7-35-24/h6-8,12,14-16H,3-5,9-11H2,1-2H3,(H,26,31)(H,32,33).